The molecule has 0 saturated carbocycles. The Morgan fingerprint density at radius 1 is 1.00 bits per heavy atom. The van der Waals surface area contributed by atoms with Crippen molar-refractivity contribution in [2.24, 2.45) is 0 Å². The second kappa shape index (κ2) is 5.24. The highest BCUT2D eigenvalue weighted by Gasteiger charge is 2.17. The summed E-state index contributed by atoms with van der Waals surface area (Å²) in [4.78, 5) is 23.2. The second-order valence-electron chi connectivity index (χ2n) is 3.91. The molecule has 0 aliphatic carbocycles. The zero-order valence-corrected chi connectivity index (χ0v) is 11.3. The van der Waals surface area contributed by atoms with Crippen LogP contribution >= 0.6 is 15.9 Å². The Bertz CT molecular complexity index is 650. The summed E-state index contributed by atoms with van der Waals surface area (Å²) in [7, 11) is 0. The van der Waals surface area contributed by atoms with Crippen molar-refractivity contribution in [3.63, 3.8) is 0 Å². The maximum atomic E-state index is 12.3. The van der Waals surface area contributed by atoms with Gasteiger partial charge in [-0.15, -0.1) is 0 Å². The van der Waals surface area contributed by atoms with E-state index in [2.05, 4.69) is 15.9 Å². The molecule has 0 amide bonds. The Kier molecular flexibility index (Phi) is 3.66. The van der Waals surface area contributed by atoms with E-state index < -0.39 is 5.97 Å². The number of carbonyl (C=O) groups excluding carboxylic acids is 1. The number of carboxylic acids is 1. The van der Waals surface area contributed by atoms with Crippen LogP contribution in [0.3, 0.4) is 0 Å². The number of halogens is 1. The lowest BCUT2D eigenvalue weighted by Gasteiger charge is -2.07. The van der Waals surface area contributed by atoms with Crippen LogP contribution in [0.1, 0.15) is 26.3 Å². The Hall–Kier alpha value is -2.14. The number of carbonyl (C=O) groups is 2. The van der Waals surface area contributed by atoms with Gasteiger partial charge in [0.1, 0.15) is 0 Å². The molecule has 0 aromatic heterocycles. The van der Waals surface area contributed by atoms with Crippen molar-refractivity contribution in [3.05, 3.63) is 63.6 Å². The molecule has 4 nitrogen and oxygen atoms in total. The zero-order chi connectivity index (χ0) is 14.0. The average molecular weight is 320 g/mol. The highest BCUT2D eigenvalue weighted by Crippen LogP contribution is 2.22. The van der Waals surface area contributed by atoms with Crippen LogP contribution < -0.4 is 5.73 Å². The Morgan fingerprint density at radius 2 is 1.58 bits per heavy atom. The molecule has 0 aliphatic rings. The summed E-state index contributed by atoms with van der Waals surface area (Å²) < 4.78 is 0.858. The lowest BCUT2D eigenvalue weighted by molar-refractivity contribution is 0.0698. The van der Waals surface area contributed by atoms with Gasteiger partial charge in [-0.25, -0.2) is 4.79 Å². The fourth-order valence-electron chi connectivity index (χ4n) is 1.71. The largest absolute Gasteiger partial charge is 0.478 e. The van der Waals surface area contributed by atoms with E-state index >= 15 is 0 Å². The topological polar surface area (TPSA) is 80.4 Å². The number of para-hydroxylation sites is 1. The molecule has 5 heteroatoms. The van der Waals surface area contributed by atoms with Crippen molar-refractivity contribution >= 4 is 33.4 Å². The summed E-state index contributed by atoms with van der Waals surface area (Å²) in [5.74, 6) is -1.45. The van der Waals surface area contributed by atoms with Crippen LogP contribution in [-0.2, 0) is 0 Å². The SMILES string of the molecule is Nc1c(C(=O)O)cccc1C(=O)c1ccc(Br)cc1. The number of anilines is 1. The summed E-state index contributed by atoms with van der Waals surface area (Å²) >= 11 is 3.28. The molecule has 2 aromatic carbocycles. The van der Waals surface area contributed by atoms with Crippen LogP contribution in [0.2, 0.25) is 0 Å². The molecule has 0 fully saturated rings. The molecule has 0 bridgehead atoms. The first-order chi connectivity index (χ1) is 9.00. The van der Waals surface area contributed by atoms with E-state index in [1.165, 1.54) is 18.2 Å². The van der Waals surface area contributed by atoms with Crippen molar-refractivity contribution in [1.29, 1.82) is 0 Å². The lowest BCUT2D eigenvalue weighted by Crippen LogP contribution is -2.10. The van der Waals surface area contributed by atoms with Crippen molar-refractivity contribution in [2.45, 2.75) is 0 Å². The van der Waals surface area contributed by atoms with Crippen LogP contribution in [0.4, 0.5) is 5.69 Å². The van der Waals surface area contributed by atoms with Gasteiger partial charge < -0.3 is 10.8 Å². The maximum Gasteiger partial charge on any atom is 0.337 e. The van der Waals surface area contributed by atoms with E-state index in [1.54, 1.807) is 24.3 Å². The maximum absolute atomic E-state index is 12.3. The number of rotatable bonds is 3. The normalized spacial score (nSPS) is 10.2. The van der Waals surface area contributed by atoms with E-state index in [0.29, 0.717) is 5.56 Å². The zero-order valence-electron chi connectivity index (χ0n) is 9.76. The first-order valence-electron chi connectivity index (χ1n) is 5.42. The highest BCUT2D eigenvalue weighted by atomic mass is 79.9. The van der Waals surface area contributed by atoms with Crippen molar-refractivity contribution in [3.8, 4) is 0 Å². The van der Waals surface area contributed by atoms with Gasteiger partial charge in [0, 0.05) is 15.6 Å². The third kappa shape index (κ3) is 2.66. The van der Waals surface area contributed by atoms with Gasteiger partial charge in [0.25, 0.3) is 0 Å². The van der Waals surface area contributed by atoms with Gasteiger partial charge in [0.05, 0.1) is 11.3 Å². The smallest absolute Gasteiger partial charge is 0.337 e. The molecule has 0 spiro atoms. The van der Waals surface area contributed by atoms with Gasteiger partial charge in [-0.3, -0.25) is 4.79 Å². The van der Waals surface area contributed by atoms with Gasteiger partial charge in [-0.2, -0.15) is 0 Å². The molecule has 19 heavy (non-hydrogen) atoms. The molecule has 0 unspecified atom stereocenters. The number of hydrogen-bond acceptors (Lipinski definition) is 3. The number of aromatic carboxylic acids is 1. The molecular formula is C14H10BrNO3. The number of carboxylic acid groups (broad SMARTS) is 1. The molecule has 3 N–H and O–H groups in total. The van der Waals surface area contributed by atoms with Gasteiger partial charge >= 0.3 is 5.97 Å². The van der Waals surface area contributed by atoms with Crippen molar-refractivity contribution < 1.29 is 14.7 Å². The molecule has 0 radical (unpaired) electrons. The molecular weight excluding hydrogens is 310 g/mol. The minimum Gasteiger partial charge on any atom is -0.478 e. The summed E-state index contributed by atoms with van der Waals surface area (Å²) in [6.07, 6.45) is 0. The summed E-state index contributed by atoms with van der Waals surface area (Å²) in [5.41, 5.74) is 6.32. The van der Waals surface area contributed by atoms with Crippen LogP contribution in [0, 0.1) is 0 Å². The predicted octanol–water partition coefficient (Wildman–Crippen LogP) is 2.96. The summed E-state index contributed by atoms with van der Waals surface area (Å²) in [6.45, 7) is 0. The van der Waals surface area contributed by atoms with Crippen LogP contribution in [0.5, 0.6) is 0 Å². The van der Waals surface area contributed by atoms with Crippen LogP contribution in [0.25, 0.3) is 0 Å². The molecule has 0 saturated heterocycles. The van der Waals surface area contributed by atoms with Gasteiger partial charge in [-0.05, 0) is 36.4 Å². The number of benzene rings is 2. The fourth-order valence-corrected chi connectivity index (χ4v) is 1.97. The first kappa shape index (κ1) is 13.3. The third-order valence-electron chi connectivity index (χ3n) is 2.69. The number of ketones is 1. The Labute approximate surface area is 118 Å². The summed E-state index contributed by atoms with van der Waals surface area (Å²) in [6, 6.07) is 11.2. The molecule has 2 rings (SSSR count). The van der Waals surface area contributed by atoms with E-state index in [0.717, 1.165) is 4.47 Å². The van der Waals surface area contributed by atoms with Crippen LogP contribution in [-0.4, -0.2) is 16.9 Å². The number of hydrogen-bond donors (Lipinski definition) is 2. The monoisotopic (exact) mass is 319 g/mol. The van der Waals surface area contributed by atoms with Crippen LogP contribution in [0.15, 0.2) is 46.9 Å². The second-order valence-corrected chi connectivity index (χ2v) is 4.82. The Balaban J connectivity index is 2.47. The van der Waals surface area contributed by atoms with Crippen molar-refractivity contribution in [1.82, 2.24) is 0 Å². The minimum absolute atomic E-state index is 0.0112. The minimum atomic E-state index is -1.15. The van der Waals surface area contributed by atoms with Gasteiger partial charge in [-0.1, -0.05) is 22.0 Å². The van der Waals surface area contributed by atoms with E-state index in [9.17, 15) is 9.59 Å². The van der Waals surface area contributed by atoms with E-state index in [4.69, 9.17) is 10.8 Å². The van der Waals surface area contributed by atoms with E-state index in [1.807, 2.05) is 0 Å². The first-order valence-corrected chi connectivity index (χ1v) is 6.22. The molecule has 2 aromatic rings. The Morgan fingerprint density at radius 3 is 2.16 bits per heavy atom. The van der Waals surface area contributed by atoms with Gasteiger partial charge in [0.2, 0.25) is 0 Å². The molecule has 0 atom stereocenters. The molecule has 0 heterocycles. The third-order valence-corrected chi connectivity index (χ3v) is 3.22. The van der Waals surface area contributed by atoms with E-state index in [-0.39, 0.29) is 22.6 Å². The average Bonchev–Trinajstić information content (AvgIpc) is 2.38. The summed E-state index contributed by atoms with van der Waals surface area (Å²) in [5, 5.41) is 8.98. The number of nitrogens with two attached hydrogens (primary N) is 1. The number of nitrogen functional groups attached to an aromatic ring is 1. The quantitative estimate of drug-likeness (QED) is 0.673. The molecule has 96 valence electrons. The van der Waals surface area contributed by atoms with Crippen molar-refractivity contribution in [2.75, 3.05) is 5.73 Å². The fraction of sp³-hybridized carbons (Fsp3) is 0. The highest BCUT2D eigenvalue weighted by molar-refractivity contribution is 9.10. The predicted molar refractivity (Wildman–Crippen MR) is 75.4 cm³/mol. The molecule has 0 aliphatic heterocycles. The lowest BCUT2D eigenvalue weighted by atomic mass is 9.99. The standard InChI is InChI=1S/C14H10BrNO3/c15-9-6-4-8(5-7-9)13(17)10-2-1-3-11(12(10)16)14(18)19/h1-7H,16H2,(H,18,19). The van der Waals surface area contributed by atoms with Gasteiger partial charge in [0.15, 0.2) is 5.78 Å².